The van der Waals surface area contributed by atoms with E-state index in [1.165, 1.54) is 89.0 Å². The summed E-state index contributed by atoms with van der Waals surface area (Å²) < 4.78 is 0. The molecule has 172 valence electrons. The van der Waals surface area contributed by atoms with Gasteiger partial charge in [-0.1, -0.05) is 67.4 Å². The fourth-order valence-electron chi connectivity index (χ4n) is 5.73. The van der Waals surface area contributed by atoms with Gasteiger partial charge in [0.2, 0.25) is 0 Å². The van der Waals surface area contributed by atoms with Crippen molar-refractivity contribution >= 4 is 35.0 Å². The first-order valence-corrected chi connectivity index (χ1v) is 14.1. The zero-order valence-corrected chi connectivity index (χ0v) is 21.3. The van der Waals surface area contributed by atoms with Gasteiger partial charge in [-0.2, -0.15) is 0 Å². The fraction of sp³-hybridized carbons (Fsp3) is 0.692. The number of nitrogens with zero attached hydrogens (tertiary/aromatic N) is 2. The first kappa shape index (κ1) is 24.0. The van der Waals surface area contributed by atoms with E-state index in [0.717, 1.165) is 28.4 Å². The summed E-state index contributed by atoms with van der Waals surface area (Å²) in [5.74, 6) is 3.70. The van der Waals surface area contributed by atoms with E-state index < -0.39 is 0 Å². The minimum absolute atomic E-state index is 0.711. The van der Waals surface area contributed by atoms with Gasteiger partial charge in [0.05, 0.1) is 0 Å². The van der Waals surface area contributed by atoms with E-state index in [4.69, 9.17) is 23.2 Å². The predicted octanol–water partition coefficient (Wildman–Crippen LogP) is 7.35. The second kappa shape index (κ2) is 11.8. The quantitative estimate of drug-likeness (QED) is 0.340. The molecule has 2 fully saturated rings. The molecule has 4 rings (SSSR count). The Labute approximate surface area is 203 Å². The molecular weight excluding hydrogens is 443 g/mol. The van der Waals surface area contributed by atoms with Gasteiger partial charge in [0.1, 0.15) is 0 Å². The van der Waals surface area contributed by atoms with Crippen LogP contribution in [0.3, 0.4) is 0 Å². The lowest BCUT2D eigenvalue weighted by atomic mass is 9.86. The van der Waals surface area contributed by atoms with Gasteiger partial charge in [-0.05, 0) is 73.2 Å². The summed E-state index contributed by atoms with van der Waals surface area (Å²) >= 11 is 14.6. The number of benzene rings is 1. The molecule has 5 heteroatoms. The third-order valence-electron chi connectivity index (χ3n) is 7.56. The smallest absolute Gasteiger partial charge is 0.0465 e. The normalized spacial score (nSPS) is 26.0. The number of rotatable bonds is 9. The van der Waals surface area contributed by atoms with E-state index in [0.29, 0.717) is 5.92 Å². The van der Waals surface area contributed by atoms with Crippen molar-refractivity contribution in [3.8, 4) is 0 Å². The molecule has 0 spiro atoms. The monoisotopic (exact) mass is 480 g/mol. The topological polar surface area (TPSA) is 6.48 Å². The Bertz CT molecular complexity index is 745. The molecule has 0 radical (unpaired) electrons. The van der Waals surface area contributed by atoms with Crippen LogP contribution in [-0.2, 0) is 6.54 Å². The van der Waals surface area contributed by atoms with Gasteiger partial charge in [-0.3, -0.25) is 4.90 Å². The second-order valence-electron chi connectivity index (χ2n) is 9.85. The van der Waals surface area contributed by atoms with Crippen molar-refractivity contribution in [2.45, 2.75) is 58.4 Å². The van der Waals surface area contributed by atoms with Crippen LogP contribution in [-0.4, -0.2) is 48.3 Å². The molecule has 0 aliphatic carbocycles. The highest BCUT2D eigenvalue weighted by Gasteiger charge is 2.37. The summed E-state index contributed by atoms with van der Waals surface area (Å²) in [6, 6.07) is 5.94. The van der Waals surface area contributed by atoms with Gasteiger partial charge in [0.15, 0.2) is 0 Å². The highest BCUT2D eigenvalue weighted by Crippen LogP contribution is 2.38. The Balaban J connectivity index is 1.34. The number of unbranched alkanes of at least 4 members (excludes halogenated alkanes) is 2. The van der Waals surface area contributed by atoms with E-state index in [9.17, 15) is 0 Å². The molecule has 2 saturated heterocycles. The molecule has 3 aliphatic rings. The Morgan fingerprint density at radius 1 is 1.06 bits per heavy atom. The summed E-state index contributed by atoms with van der Waals surface area (Å²) in [4.78, 5) is 5.40. The Kier molecular flexibility index (Phi) is 9.11. The number of thioether (sulfide) groups is 1. The van der Waals surface area contributed by atoms with Gasteiger partial charge in [0, 0.05) is 42.0 Å². The van der Waals surface area contributed by atoms with Crippen molar-refractivity contribution < 1.29 is 0 Å². The number of hydrogen-bond donors (Lipinski definition) is 0. The van der Waals surface area contributed by atoms with Crippen molar-refractivity contribution in [1.82, 2.24) is 9.80 Å². The van der Waals surface area contributed by atoms with Gasteiger partial charge in [-0.25, -0.2) is 0 Å². The predicted molar refractivity (Wildman–Crippen MR) is 137 cm³/mol. The number of hydrogen-bond acceptors (Lipinski definition) is 3. The molecule has 31 heavy (non-hydrogen) atoms. The minimum Gasteiger partial charge on any atom is -0.303 e. The summed E-state index contributed by atoms with van der Waals surface area (Å²) in [7, 11) is 0. The molecule has 2 nitrogen and oxygen atoms in total. The molecule has 0 unspecified atom stereocenters. The van der Waals surface area contributed by atoms with E-state index in [1.54, 1.807) is 5.57 Å². The number of halogens is 2. The first-order valence-electron chi connectivity index (χ1n) is 12.3. The fourth-order valence-corrected chi connectivity index (χ4v) is 7.18. The lowest BCUT2D eigenvalue weighted by molar-refractivity contribution is 0.148. The zero-order valence-electron chi connectivity index (χ0n) is 19.0. The summed E-state index contributed by atoms with van der Waals surface area (Å²) in [5, 5.41) is 3.99. The van der Waals surface area contributed by atoms with Crippen LogP contribution < -0.4 is 0 Å². The maximum Gasteiger partial charge on any atom is 0.0465 e. The highest BCUT2D eigenvalue weighted by molar-refractivity contribution is 8.02. The molecule has 0 bridgehead atoms. The van der Waals surface area contributed by atoms with Gasteiger partial charge in [-0.15, -0.1) is 11.8 Å². The van der Waals surface area contributed by atoms with Crippen LogP contribution in [0.1, 0.15) is 57.4 Å². The molecule has 1 aromatic rings. The Hall–Kier alpha value is -0.190. The standard InChI is InChI=1S/C26H38Cl2N2S/c1-2-3-4-5-20-8-11-29(12-9-20)16-23-17-30(18-25(23)22-10-13-31-19-22)15-21-6-7-24(27)14-26(21)28/h6-7,14,19-20,23,25H,2-5,8-13,15-18H2,1H3/t23-,25+/m0/s1. The van der Waals surface area contributed by atoms with E-state index in [1.807, 2.05) is 23.9 Å². The van der Waals surface area contributed by atoms with Crippen molar-refractivity contribution in [2.75, 3.05) is 38.5 Å². The van der Waals surface area contributed by atoms with Crippen LogP contribution in [0.2, 0.25) is 10.0 Å². The van der Waals surface area contributed by atoms with E-state index >= 15 is 0 Å². The second-order valence-corrected chi connectivity index (χ2v) is 11.7. The minimum atomic E-state index is 0.711. The molecule has 0 saturated carbocycles. The average molecular weight is 482 g/mol. The van der Waals surface area contributed by atoms with Crippen molar-refractivity contribution in [1.29, 1.82) is 0 Å². The summed E-state index contributed by atoms with van der Waals surface area (Å²) in [6.45, 7) is 9.46. The molecule has 3 aliphatic heterocycles. The Morgan fingerprint density at radius 2 is 1.90 bits per heavy atom. The number of likely N-dealkylation sites (tertiary alicyclic amines) is 2. The van der Waals surface area contributed by atoms with Crippen LogP contribution in [0.15, 0.2) is 29.2 Å². The molecule has 3 heterocycles. The van der Waals surface area contributed by atoms with Crippen molar-refractivity contribution in [3.63, 3.8) is 0 Å². The zero-order chi connectivity index (χ0) is 21.6. The largest absolute Gasteiger partial charge is 0.303 e. The van der Waals surface area contributed by atoms with Gasteiger partial charge in [0.25, 0.3) is 0 Å². The summed E-state index contributed by atoms with van der Waals surface area (Å²) in [5.41, 5.74) is 2.90. The third-order valence-corrected chi connectivity index (χ3v) is 9.06. The van der Waals surface area contributed by atoms with Crippen molar-refractivity contribution in [2.24, 2.45) is 17.8 Å². The average Bonchev–Trinajstić information content (AvgIpc) is 3.42. The number of piperidine rings is 1. The molecule has 0 aromatic heterocycles. The van der Waals surface area contributed by atoms with Crippen molar-refractivity contribution in [3.05, 3.63) is 44.8 Å². The molecule has 0 amide bonds. The first-order chi connectivity index (χ1) is 15.1. The van der Waals surface area contributed by atoms with Crippen LogP contribution in [0, 0.1) is 17.8 Å². The van der Waals surface area contributed by atoms with Gasteiger partial charge < -0.3 is 4.90 Å². The summed E-state index contributed by atoms with van der Waals surface area (Å²) in [6.07, 6.45) is 9.72. The third kappa shape index (κ3) is 6.67. The van der Waals surface area contributed by atoms with Crippen LogP contribution in [0.25, 0.3) is 0 Å². The SMILES string of the molecule is CCCCCC1CCN(C[C@H]2CN(Cc3ccc(Cl)cc3Cl)C[C@@H]2C2=CSCC2)CC1. The van der Waals surface area contributed by atoms with E-state index in [-0.39, 0.29) is 0 Å². The lowest BCUT2D eigenvalue weighted by Crippen LogP contribution is -2.39. The van der Waals surface area contributed by atoms with Crippen LogP contribution >= 0.6 is 35.0 Å². The molecule has 2 atom stereocenters. The Morgan fingerprint density at radius 3 is 2.61 bits per heavy atom. The molecular formula is C26H38Cl2N2S. The highest BCUT2D eigenvalue weighted by atomic mass is 35.5. The maximum atomic E-state index is 6.49. The lowest BCUT2D eigenvalue weighted by Gasteiger charge is -2.35. The molecule has 0 N–H and O–H groups in total. The maximum absolute atomic E-state index is 6.49. The van der Waals surface area contributed by atoms with E-state index in [2.05, 4.69) is 28.2 Å². The van der Waals surface area contributed by atoms with Gasteiger partial charge >= 0.3 is 0 Å². The van der Waals surface area contributed by atoms with Crippen LogP contribution in [0.5, 0.6) is 0 Å². The molecule has 1 aromatic carbocycles. The van der Waals surface area contributed by atoms with Crippen LogP contribution in [0.4, 0.5) is 0 Å².